The standard InChI is InChI=1S/C26H26N4O3/c1-18-11-12-19(25-29-28-24-10-6-3-7-15-30(24)25)16-22(18)27-26(31)23-14-13-21(33-23)17-32-20-8-4-2-5-9-20/h2,4-5,8-9,11-14,16H,3,6-7,10,15,17H2,1H3,(H,27,31). The molecule has 1 aliphatic rings. The lowest BCUT2D eigenvalue weighted by molar-refractivity contribution is 0.0992. The van der Waals surface area contributed by atoms with Crippen LogP contribution >= 0.6 is 0 Å². The lowest BCUT2D eigenvalue weighted by Crippen LogP contribution is -2.12. The molecule has 0 unspecified atom stereocenters. The van der Waals surface area contributed by atoms with E-state index in [1.165, 1.54) is 6.42 Å². The van der Waals surface area contributed by atoms with Crippen molar-refractivity contribution in [2.24, 2.45) is 0 Å². The van der Waals surface area contributed by atoms with Crippen molar-refractivity contribution in [2.75, 3.05) is 5.32 Å². The van der Waals surface area contributed by atoms with E-state index in [2.05, 4.69) is 20.1 Å². The fourth-order valence-corrected chi connectivity index (χ4v) is 4.03. The molecule has 168 valence electrons. The zero-order chi connectivity index (χ0) is 22.6. The number of aryl methyl sites for hydroxylation is 2. The molecule has 3 heterocycles. The van der Waals surface area contributed by atoms with Gasteiger partial charge >= 0.3 is 0 Å². The summed E-state index contributed by atoms with van der Waals surface area (Å²) in [6.07, 6.45) is 4.44. The molecule has 0 bridgehead atoms. The minimum Gasteiger partial charge on any atom is -0.486 e. The number of para-hydroxylation sites is 1. The smallest absolute Gasteiger partial charge is 0.291 e. The lowest BCUT2D eigenvalue weighted by Gasteiger charge is -2.11. The van der Waals surface area contributed by atoms with Crippen molar-refractivity contribution in [1.29, 1.82) is 0 Å². The lowest BCUT2D eigenvalue weighted by atomic mass is 10.1. The molecule has 0 saturated carbocycles. The number of hydrogen-bond acceptors (Lipinski definition) is 5. The van der Waals surface area contributed by atoms with Gasteiger partial charge in [0.25, 0.3) is 5.91 Å². The van der Waals surface area contributed by atoms with Gasteiger partial charge in [-0.2, -0.15) is 0 Å². The van der Waals surface area contributed by atoms with Crippen molar-refractivity contribution >= 4 is 11.6 Å². The maximum Gasteiger partial charge on any atom is 0.291 e. The third kappa shape index (κ3) is 4.67. The number of benzene rings is 2. The van der Waals surface area contributed by atoms with Crippen LogP contribution in [0.2, 0.25) is 0 Å². The zero-order valence-corrected chi connectivity index (χ0v) is 18.6. The number of hydrogen-bond donors (Lipinski definition) is 1. The van der Waals surface area contributed by atoms with Crippen LogP contribution in [0.4, 0.5) is 5.69 Å². The molecule has 0 aliphatic carbocycles. The summed E-state index contributed by atoms with van der Waals surface area (Å²) in [5, 5.41) is 11.8. The topological polar surface area (TPSA) is 82.2 Å². The summed E-state index contributed by atoms with van der Waals surface area (Å²) in [5.74, 6) is 3.15. The van der Waals surface area contributed by atoms with Crippen molar-refractivity contribution in [3.05, 3.63) is 83.6 Å². The number of anilines is 1. The number of ether oxygens (including phenoxy) is 1. The second-order valence-corrected chi connectivity index (χ2v) is 8.25. The van der Waals surface area contributed by atoms with Gasteiger partial charge in [-0.05, 0) is 55.7 Å². The van der Waals surface area contributed by atoms with E-state index in [-0.39, 0.29) is 18.3 Å². The van der Waals surface area contributed by atoms with Gasteiger partial charge in [-0.1, -0.05) is 36.8 Å². The maximum absolute atomic E-state index is 12.9. The minimum atomic E-state index is -0.304. The Hall–Kier alpha value is -3.87. The van der Waals surface area contributed by atoms with Crippen molar-refractivity contribution < 1.29 is 13.9 Å². The van der Waals surface area contributed by atoms with Gasteiger partial charge in [-0.3, -0.25) is 4.79 Å². The monoisotopic (exact) mass is 442 g/mol. The maximum atomic E-state index is 12.9. The minimum absolute atomic E-state index is 0.239. The van der Waals surface area contributed by atoms with Crippen LogP contribution in [0.5, 0.6) is 5.75 Å². The highest BCUT2D eigenvalue weighted by atomic mass is 16.5. The van der Waals surface area contributed by atoms with E-state index in [0.29, 0.717) is 5.76 Å². The number of rotatable bonds is 6. The Morgan fingerprint density at radius 2 is 1.94 bits per heavy atom. The molecular formula is C26H26N4O3. The van der Waals surface area contributed by atoms with Gasteiger partial charge in [-0.15, -0.1) is 10.2 Å². The number of furan rings is 1. The molecule has 4 aromatic rings. The molecule has 0 spiro atoms. The normalized spacial score (nSPS) is 13.2. The third-order valence-corrected chi connectivity index (χ3v) is 5.86. The first-order valence-electron chi connectivity index (χ1n) is 11.3. The number of aromatic nitrogens is 3. The van der Waals surface area contributed by atoms with Crippen molar-refractivity contribution in [1.82, 2.24) is 14.8 Å². The van der Waals surface area contributed by atoms with Gasteiger partial charge in [0.15, 0.2) is 11.6 Å². The largest absolute Gasteiger partial charge is 0.486 e. The van der Waals surface area contributed by atoms with E-state index in [9.17, 15) is 4.79 Å². The second-order valence-electron chi connectivity index (χ2n) is 8.25. The Balaban J connectivity index is 1.30. The van der Waals surface area contributed by atoms with Gasteiger partial charge in [0.05, 0.1) is 0 Å². The van der Waals surface area contributed by atoms with Crippen LogP contribution in [-0.4, -0.2) is 20.7 Å². The van der Waals surface area contributed by atoms with Gasteiger partial charge < -0.3 is 19.0 Å². The Labute approximate surface area is 192 Å². The quantitative estimate of drug-likeness (QED) is 0.432. The zero-order valence-electron chi connectivity index (χ0n) is 18.6. The van der Waals surface area contributed by atoms with Gasteiger partial charge in [-0.25, -0.2) is 0 Å². The number of nitrogens with one attached hydrogen (secondary N) is 1. The van der Waals surface area contributed by atoms with Crippen molar-refractivity contribution in [2.45, 2.75) is 45.8 Å². The average Bonchev–Trinajstić information content (AvgIpc) is 3.41. The van der Waals surface area contributed by atoms with E-state index in [4.69, 9.17) is 9.15 Å². The van der Waals surface area contributed by atoms with Crippen LogP contribution in [-0.2, 0) is 19.6 Å². The van der Waals surface area contributed by atoms with Crippen LogP contribution in [0.1, 0.15) is 47.0 Å². The number of nitrogens with zero attached hydrogens (tertiary/aromatic N) is 3. The van der Waals surface area contributed by atoms with Gasteiger partial charge in [0.2, 0.25) is 0 Å². The summed E-state index contributed by atoms with van der Waals surface area (Å²) in [6, 6.07) is 18.9. The summed E-state index contributed by atoms with van der Waals surface area (Å²) in [7, 11) is 0. The van der Waals surface area contributed by atoms with Crippen molar-refractivity contribution in [3.63, 3.8) is 0 Å². The van der Waals surface area contributed by atoms with Crippen LogP contribution in [0, 0.1) is 6.92 Å². The first kappa shape index (κ1) is 21.0. The Morgan fingerprint density at radius 3 is 2.82 bits per heavy atom. The van der Waals surface area contributed by atoms with E-state index in [0.717, 1.165) is 60.0 Å². The fraction of sp³-hybridized carbons (Fsp3) is 0.269. The Kier molecular flexibility index (Phi) is 5.93. The molecule has 1 amide bonds. The van der Waals surface area contributed by atoms with Crippen LogP contribution < -0.4 is 10.1 Å². The van der Waals surface area contributed by atoms with E-state index in [1.54, 1.807) is 12.1 Å². The third-order valence-electron chi connectivity index (χ3n) is 5.86. The van der Waals surface area contributed by atoms with Crippen molar-refractivity contribution in [3.8, 4) is 17.1 Å². The number of fused-ring (bicyclic) bond motifs is 1. The summed E-state index contributed by atoms with van der Waals surface area (Å²) < 4.78 is 13.6. The molecule has 0 atom stereocenters. The predicted molar refractivity (Wildman–Crippen MR) is 125 cm³/mol. The van der Waals surface area contributed by atoms with E-state index < -0.39 is 0 Å². The predicted octanol–water partition coefficient (Wildman–Crippen LogP) is 5.40. The number of amides is 1. The first-order chi connectivity index (χ1) is 16.2. The summed E-state index contributed by atoms with van der Waals surface area (Å²) in [5.41, 5.74) is 2.62. The highest BCUT2D eigenvalue weighted by Gasteiger charge is 2.18. The summed E-state index contributed by atoms with van der Waals surface area (Å²) in [6.45, 7) is 3.14. The molecule has 2 aromatic heterocycles. The second kappa shape index (κ2) is 9.32. The highest BCUT2D eigenvalue weighted by molar-refractivity contribution is 6.03. The molecule has 5 rings (SSSR count). The average molecular weight is 443 g/mol. The number of carbonyl (C=O) groups is 1. The van der Waals surface area contributed by atoms with E-state index >= 15 is 0 Å². The molecule has 1 aliphatic heterocycles. The molecule has 1 N–H and O–H groups in total. The molecule has 7 heteroatoms. The number of carbonyl (C=O) groups excluding carboxylic acids is 1. The Morgan fingerprint density at radius 1 is 1.06 bits per heavy atom. The van der Waals surface area contributed by atoms with Crippen LogP contribution in [0.25, 0.3) is 11.4 Å². The summed E-state index contributed by atoms with van der Waals surface area (Å²) >= 11 is 0. The highest BCUT2D eigenvalue weighted by Crippen LogP contribution is 2.27. The Bertz CT molecular complexity index is 1260. The summed E-state index contributed by atoms with van der Waals surface area (Å²) in [4.78, 5) is 12.9. The molecular weight excluding hydrogens is 416 g/mol. The SMILES string of the molecule is Cc1ccc(-c2nnc3n2CCCCC3)cc1NC(=O)c1ccc(COc2ccccc2)o1. The molecule has 0 saturated heterocycles. The molecule has 0 radical (unpaired) electrons. The van der Waals surface area contributed by atoms with Gasteiger partial charge in [0.1, 0.15) is 23.9 Å². The fourth-order valence-electron chi connectivity index (χ4n) is 4.03. The molecule has 2 aromatic carbocycles. The molecule has 0 fully saturated rings. The van der Waals surface area contributed by atoms with E-state index in [1.807, 2.05) is 55.5 Å². The van der Waals surface area contributed by atoms with Gasteiger partial charge in [0, 0.05) is 24.2 Å². The molecule has 33 heavy (non-hydrogen) atoms. The molecule has 7 nitrogen and oxygen atoms in total. The first-order valence-corrected chi connectivity index (χ1v) is 11.3. The van der Waals surface area contributed by atoms with Crippen LogP contribution in [0.3, 0.4) is 0 Å². The van der Waals surface area contributed by atoms with Crippen LogP contribution in [0.15, 0.2) is 65.1 Å².